The molecule has 1 heterocycles. The molecule has 6 heteroatoms. The second-order valence-corrected chi connectivity index (χ2v) is 6.03. The zero-order valence-electron chi connectivity index (χ0n) is 14.5. The van der Waals surface area contributed by atoms with Crippen molar-refractivity contribution in [2.75, 3.05) is 39.3 Å². The molecular weight excluding hydrogens is 321 g/mol. The third kappa shape index (κ3) is 5.83. The fourth-order valence-electron chi connectivity index (χ4n) is 2.64. The van der Waals surface area contributed by atoms with Gasteiger partial charge in [-0.3, -0.25) is 14.5 Å². The first-order valence-corrected chi connectivity index (χ1v) is 8.32. The Balaban J connectivity index is 1.84. The van der Waals surface area contributed by atoms with Crippen LogP contribution < -0.4 is 5.32 Å². The summed E-state index contributed by atoms with van der Waals surface area (Å²) in [6.45, 7) is 8.69. The molecule has 1 aromatic carbocycles. The van der Waals surface area contributed by atoms with Crippen molar-refractivity contribution in [3.05, 3.63) is 54.4 Å². The van der Waals surface area contributed by atoms with Crippen LogP contribution in [-0.4, -0.2) is 60.9 Å². The average Bonchev–Trinajstić information content (AvgIpc) is 2.61. The molecule has 1 fully saturated rings. The molecule has 2 rings (SSSR count). The van der Waals surface area contributed by atoms with Gasteiger partial charge >= 0.3 is 0 Å². The smallest absolute Gasteiger partial charge is 0.246 e. The Bertz CT molecular complexity index is 647. The molecule has 1 aliphatic heterocycles. The Labute approximate surface area is 147 Å². The number of rotatable bonds is 6. The number of nitrogens with zero attached hydrogens (tertiary/aromatic N) is 2. The van der Waals surface area contributed by atoms with Crippen molar-refractivity contribution in [2.45, 2.75) is 6.92 Å². The molecule has 1 N–H and O–H groups in total. The van der Waals surface area contributed by atoms with E-state index < -0.39 is 0 Å². The van der Waals surface area contributed by atoms with Crippen molar-refractivity contribution in [1.29, 1.82) is 0 Å². The van der Waals surface area contributed by atoms with Crippen LogP contribution in [0, 0.1) is 5.82 Å². The molecule has 1 aliphatic rings. The maximum atomic E-state index is 13.0. The number of carbonyl (C=O) groups is 2. The number of allylic oxidation sites excluding steroid dienone is 1. The molecule has 1 saturated heterocycles. The van der Waals surface area contributed by atoms with E-state index in [2.05, 4.69) is 11.9 Å². The lowest BCUT2D eigenvalue weighted by Crippen LogP contribution is -2.50. The summed E-state index contributed by atoms with van der Waals surface area (Å²) in [6, 6.07) is 6.09. The second-order valence-electron chi connectivity index (χ2n) is 6.03. The minimum atomic E-state index is -0.295. The van der Waals surface area contributed by atoms with Crippen LogP contribution in [0.5, 0.6) is 0 Å². The molecule has 0 radical (unpaired) electrons. The maximum Gasteiger partial charge on any atom is 0.246 e. The topological polar surface area (TPSA) is 52.7 Å². The zero-order chi connectivity index (χ0) is 18.2. The summed E-state index contributed by atoms with van der Waals surface area (Å²) in [6.07, 6.45) is 3.23. The third-order valence-electron chi connectivity index (χ3n) is 4.13. The van der Waals surface area contributed by atoms with Crippen molar-refractivity contribution in [2.24, 2.45) is 0 Å². The quantitative estimate of drug-likeness (QED) is 0.630. The van der Waals surface area contributed by atoms with Gasteiger partial charge in [0.2, 0.25) is 11.8 Å². The van der Waals surface area contributed by atoms with Gasteiger partial charge in [0.05, 0.1) is 6.54 Å². The van der Waals surface area contributed by atoms with Crippen molar-refractivity contribution in [3.8, 4) is 0 Å². The summed E-state index contributed by atoms with van der Waals surface area (Å²) >= 11 is 0. The van der Waals surface area contributed by atoms with Crippen LogP contribution in [0.2, 0.25) is 0 Å². The molecule has 0 spiro atoms. The Morgan fingerprint density at radius 1 is 1.20 bits per heavy atom. The number of carbonyl (C=O) groups excluding carboxylic acids is 2. The van der Waals surface area contributed by atoms with Crippen LogP contribution in [0.4, 0.5) is 4.39 Å². The number of hydrogen-bond acceptors (Lipinski definition) is 3. The summed E-state index contributed by atoms with van der Waals surface area (Å²) in [5.41, 5.74) is 1.63. The fourth-order valence-corrected chi connectivity index (χ4v) is 2.64. The van der Waals surface area contributed by atoms with E-state index in [1.807, 2.05) is 11.8 Å². The van der Waals surface area contributed by atoms with Crippen LogP contribution in [0.1, 0.15) is 12.5 Å². The molecule has 0 saturated carbocycles. The summed E-state index contributed by atoms with van der Waals surface area (Å²) in [5, 5.41) is 2.75. The largest absolute Gasteiger partial charge is 0.352 e. The number of amides is 2. The van der Waals surface area contributed by atoms with Gasteiger partial charge in [0.1, 0.15) is 5.82 Å². The monoisotopic (exact) mass is 345 g/mol. The number of piperazine rings is 1. The van der Waals surface area contributed by atoms with Gasteiger partial charge in [-0.1, -0.05) is 18.2 Å². The molecule has 0 aliphatic carbocycles. The fraction of sp³-hybridized carbons (Fsp3) is 0.368. The lowest BCUT2D eigenvalue weighted by Gasteiger charge is -2.33. The summed E-state index contributed by atoms with van der Waals surface area (Å²) in [7, 11) is 0. The van der Waals surface area contributed by atoms with Gasteiger partial charge in [0.25, 0.3) is 0 Å². The SMILES string of the molecule is C=CCNC(=O)CN1CCN(C(=O)/C=C(/C)c2ccc(F)cc2)CC1. The van der Waals surface area contributed by atoms with E-state index >= 15 is 0 Å². The number of hydrogen-bond donors (Lipinski definition) is 1. The molecule has 1 aromatic rings. The van der Waals surface area contributed by atoms with E-state index in [9.17, 15) is 14.0 Å². The van der Waals surface area contributed by atoms with E-state index in [-0.39, 0.29) is 17.6 Å². The van der Waals surface area contributed by atoms with Crippen LogP contribution >= 0.6 is 0 Å². The standard InChI is InChI=1S/C19H24FN3O2/c1-3-8-21-18(24)14-22-9-11-23(12-10-22)19(25)13-15(2)16-4-6-17(20)7-5-16/h3-7,13H,1,8-12,14H2,2H3,(H,21,24)/b15-13-. The molecular formula is C19H24FN3O2. The number of halogens is 1. The summed E-state index contributed by atoms with van der Waals surface area (Å²) < 4.78 is 13.0. The molecule has 5 nitrogen and oxygen atoms in total. The van der Waals surface area contributed by atoms with Gasteiger partial charge in [-0.15, -0.1) is 6.58 Å². The highest BCUT2D eigenvalue weighted by molar-refractivity contribution is 5.95. The van der Waals surface area contributed by atoms with Crippen molar-refractivity contribution in [1.82, 2.24) is 15.1 Å². The predicted molar refractivity (Wildman–Crippen MR) is 96.3 cm³/mol. The minimum Gasteiger partial charge on any atom is -0.352 e. The van der Waals surface area contributed by atoms with Crippen LogP contribution in [0.15, 0.2) is 43.0 Å². The van der Waals surface area contributed by atoms with Gasteiger partial charge in [0.15, 0.2) is 0 Å². The molecule has 134 valence electrons. The van der Waals surface area contributed by atoms with Crippen molar-refractivity contribution >= 4 is 17.4 Å². The molecule has 0 aromatic heterocycles. The van der Waals surface area contributed by atoms with E-state index in [1.165, 1.54) is 12.1 Å². The van der Waals surface area contributed by atoms with E-state index in [0.29, 0.717) is 39.3 Å². The molecule has 0 unspecified atom stereocenters. The van der Waals surface area contributed by atoms with Crippen LogP contribution in [-0.2, 0) is 9.59 Å². The molecule has 2 amide bonds. The highest BCUT2D eigenvalue weighted by Gasteiger charge is 2.21. The lowest BCUT2D eigenvalue weighted by atomic mass is 10.1. The van der Waals surface area contributed by atoms with E-state index in [4.69, 9.17) is 0 Å². The Kier molecular flexibility index (Phi) is 6.89. The summed E-state index contributed by atoms with van der Waals surface area (Å²) in [5.74, 6) is -0.388. The highest BCUT2D eigenvalue weighted by atomic mass is 19.1. The van der Waals surface area contributed by atoms with E-state index in [0.717, 1.165) is 11.1 Å². The normalized spacial score (nSPS) is 15.8. The molecule has 25 heavy (non-hydrogen) atoms. The first kappa shape index (κ1) is 18.9. The second kappa shape index (κ2) is 9.13. The average molecular weight is 345 g/mol. The van der Waals surface area contributed by atoms with Crippen LogP contribution in [0.25, 0.3) is 5.57 Å². The molecule has 0 atom stereocenters. The summed E-state index contributed by atoms with van der Waals surface area (Å²) in [4.78, 5) is 27.9. The van der Waals surface area contributed by atoms with Crippen molar-refractivity contribution < 1.29 is 14.0 Å². The Morgan fingerprint density at radius 2 is 1.84 bits per heavy atom. The van der Waals surface area contributed by atoms with Gasteiger partial charge in [-0.2, -0.15) is 0 Å². The van der Waals surface area contributed by atoms with Gasteiger partial charge in [-0.25, -0.2) is 4.39 Å². The van der Waals surface area contributed by atoms with Gasteiger partial charge in [0, 0.05) is 38.8 Å². The van der Waals surface area contributed by atoms with Gasteiger partial charge < -0.3 is 10.2 Å². The minimum absolute atomic E-state index is 0.0354. The lowest BCUT2D eigenvalue weighted by molar-refractivity contribution is -0.128. The third-order valence-corrected chi connectivity index (χ3v) is 4.13. The first-order valence-electron chi connectivity index (χ1n) is 8.32. The number of nitrogens with one attached hydrogen (secondary N) is 1. The molecule has 0 bridgehead atoms. The van der Waals surface area contributed by atoms with Crippen LogP contribution in [0.3, 0.4) is 0 Å². The predicted octanol–water partition coefficient (Wildman–Crippen LogP) is 1.68. The Hall–Kier alpha value is -2.47. The first-order chi connectivity index (χ1) is 12.0. The van der Waals surface area contributed by atoms with Gasteiger partial charge in [-0.05, 0) is 30.2 Å². The highest BCUT2D eigenvalue weighted by Crippen LogP contribution is 2.15. The Morgan fingerprint density at radius 3 is 2.44 bits per heavy atom. The van der Waals surface area contributed by atoms with E-state index in [1.54, 1.807) is 29.2 Å². The number of benzene rings is 1. The zero-order valence-corrected chi connectivity index (χ0v) is 14.5. The van der Waals surface area contributed by atoms with Crippen molar-refractivity contribution in [3.63, 3.8) is 0 Å². The maximum absolute atomic E-state index is 13.0.